The lowest BCUT2D eigenvalue weighted by Crippen LogP contribution is -2.05. The Hall–Kier alpha value is -2.07. The summed E-state index contributed by atoms with van der Waals surface area (Å²) in [5.41, 5.74) is 2.47. The van der Waals surface area contributed by atoms with Crippen LogP contribution in [0.1, 0.15) is 16.1 Å². The maximum atomic E-state index is 11.8. The van der Waals surface area contributed by atoms with Crippen LogP contribution < -0.4 is 0 Å². The molecule has 1 N–H and O–H groups in total. The van der Waals surface area contributed by atoms with Crippen LogP contribution >= 0.6 is 11.3 Å². The van der Waals surface area contributed by atoms with E-state index in [1.165, 1.54) is 0 Å². The summed E-state index contributed by atoms with van der Waals surface area (Å²) < 4.78 is 6.32. The number of aromatic amines is 1. The number of carbonyl (C=O) groups excluding carboxylic acids is 1. The van der Waals surface area contributed by atoms with Crippen molar-refractivity contribution in [3.05, 3.63) is 59.1 Å². The zero-order valence-corrected chi connectivity index (χ0v) is 10.4. The fraction of sp³-hybridized carbons (Fsp3) is 0.0714. The zero-order valence-electron chi connectivity index (χ0n) is 9.55. The van der Waals surface area contributed by atoms with E-state index < -0.39 is 0 Å². The van der Waals surface area contributed by atoms with Gasteiger partial charge in [0.25, 0.3) is 0 Å². The van der Waals surface area contributed by atoms with Gasteiger partial charge < -0.3 is 9.72 Å². The zero-order chi connectivity index (χ0) is 12.4. The summed E-state index contributed by atoms with van der Waals surface area (Å²) in [5, 5.41) is 1.99. The van der Waals surface area contributed by atoms with Crippen molar-refractivity contribution in [2.24, 2.45) is 0 Å². The molecule has 0 aliphatic carbocycles. The van der Waals surface area contributed by atoms with Crippen molar-refractivity contribution in [3.8, 4) is 0 Å². The number of aromatic nitrogens is 1. The van der Waals surface area contributed by atoms with Gasteiger partial charge in [0.05, 0.1) is 10.2 Å². The van der Waals surface area contributed by atoms with Crippen molar-refractivity contribution >= 4 is 27.5 Å². The average molecular weight is 257 g/mol. The van der Waals surface area contributed by atoms with Gasteiger partial charge in [0, 0.05) is 0 Å². The lowest BCUT2D eigenvalue weighted by molar-refractivity contribution is 0.0467. The minimum Gasteiger partial charge on any atom is -0.456 e. The molecule has 2 aromatic heterocycles. The van der Waals surface area contributed by atoms with Crippen LogP contribution in [0.5, 0.6) is 0 Å². The molecule has 0 aliphatic heterocycles. The van der Waals surface area contributed by atoms with Gasteiger partial charge in [-0.2, -0.15) is 0 Å². The molecule has 0 atom stereocenters. The van der Waals surface area contributed by atoms with E-state index in [4.69, 9.17) is 4.74 Å². The third-order valence-electron chi connectivity index (χ3n) is 2.67. The van der Waals surface area contributed by atoms with Gasteiger partial charge >= 0.3 is 5.97 Å². The summed E-state index contributed by atoms with van der Waals surface area (Å²) >= 11 is 1.60. The van der Waals surface area contributed by atoms with Crippen molar-refractivity contribution < 1.29 is 9.53 Å². The van der Waals surface area contributed by atoms with E-state index >= 15 is 0 Å². The summed E-state index contributed by atoms with van der Waals surface area (Å²) in [6.45, 7) is 0.298. The van der Waals surface area contributed by atoms with E-state index in [1.807, 2.05) is 47.8 Å². The molecule has 3 aromatic rings. The van der Waals surface area contributed by atoms with Crippen LogP contribution in [-0.4, -0.2) is 11.0 Å². The van der Waals surface area contributed by atoms with E-state index in [9.17, 15) is 4.79 Å². The van der Waals surface area contributed by atoms with Crippen molar-refractivity contribution in [3.63, 3.8) is 0 Å². The molecule has 18 heavy (non-hydrogen) atoms. The number of nitrogens with one attached hydrogen (secondary N) is 1. The third kappa shape index (κ3) is 2.15. The molecule has 0 amide bonds. The Morgan fingerprint density at radius 2 is 2.06 bits per heavy atom. The smallest absolute Gasteiger partial charge is 0.355 e. The molecule has 3 rings (SSSR count). The number of rotatable bonds is 3. The monoisotopic (exact) mass is 257 g/mol. The highest BCUT2D eigenvalue weighted by Crippen LogP contribution is 2.21. The summed E-state index contributed by atoms with van der Waals surface area (Å²) in [5.74, 6) is -0.317. The number of H-pyrrole nitrogens is 1. The molecule has 0 saturated carbocycles. The van der Waals surface area contributed by atoms with Gasteiger partial charge in [-0.25, -0.2) is 4.79 Å². The predicted octanol–water partition coefficient (Wildman–Crippen LogP) is 3.59. The standard InChI is InChI=1S/C14H11NO2S/c16-14(17-9-10-4-2-1-3-5-10)12-8-13-11(15-12)6-7-18-13/h1-8,15H,9H2. The first-order valence-corrected chi connectivity index (χ1v) is 6.48. The second-order valence-corrected chi connectivity index (χ2v) is 4.89. The molecule has 0 fully saturated rings. The Morgan fingerprint density at radius 1 is 1.22 bits per heavy atom. The largest absolute Gasteiger partial charge is 0.456 e. The van der Waals surface area contributed by atoms with Crippen LogP contribution in [0.2, 0.25) is 0 Å². The number of esters is 1. The summed E-state index contributed by atoms with van der Waals surface area (Å²) in [6, 6.07) is 13.4. The van der Waals surface area contributed by atoms with Crippen LogP contribution in [0.3, 0.4) is 0 Å². The lowest BCUT2D eigenvalue weighted by atomic mass is 10.2. The normalized spacial score (nSPS) is 10.7. The number of fused-ring (bicyclic) bond motifs is 1. The van der Waals surface area contributed by atoms with Crippen molar-refractivity contribution in [1.29, 1.82) is 0 Å². The van der Waals surface area contributed by atoms with Crippen LogP contribution in [0.15, 0.2) is 47.8 Å². The molecular weight excluding hydrogens is 246 g/mol. The molecule has 1 aromatic carbocycles. The van der Waals surface area contributed by atoms with E-state index in [0.29, 0.717) is 12.3 Å². The fourth-order valence-corrected chi connectivity index (χ4v) is 2.54. The number of ether oxygens (including phenoxy) is 1. The van der Waals surface area contributed by atoms with Crippen molar-refractivity contribution in [2.75, 3.05) is 0 Å². The minimum atomic E-state index is -0.317. The van der Waals surface area contributed by atoms with E-state index in [-0.39, 0.29) is 5.97 Å². The number of carbonyl (C=O) groups is 1. The van der Waals surface area contributed by atoms with Gasteiger partial charge in [0.15, 0.2) is 0 Å². The Kier molecular flexibility index (Phi) is 2.86. The van der Waals surface area contributed by atoms with Gasteiger partial charge in [-0.15, -0.1) is 11.3 Å². The predicted molar refractivity (Wildman–Crippen MR) is 71.7 cm³/mol. The molecule has 0 saturated heterocycles. The Bertz CT molecular complexity index is 641. The van der Waals surface area contributed by atoms with Gasteiger partial charge in [-0.1, -0.05) is 30.3 Å². The molecule has 0 spiro atoms. The van der Waals surface area contributed by atoms with Crippen LogP contribution in [-0.2, 0) is 11.3 Å². The summed E-state index contributed by atoms with van der Waals surface area (Å²) in [4.78, 5) is 14.9. The Balaban J connectivity index is 1.70. The van der Waals surface area contributed by atoms with Gasteiger partial charge in [0.2, 0.25) is 0 Å². The molecule has 4 heteroatoms. The highest BCUT2D eigenvalue weighted by molar-refractivity contribution is 7.17. The molecular formula is C14H11NO2S. The maximum Gasteiger partial charge on any atom is 0.355 e. The first-order valence-electron chi connectivity index (χ1n) is 5.60. The third-order valence-corrected chi connectivity index (χ3v) is 3.54. The average Bonchev–Trinajstić information content (AvgIpc) is 2.98. The van der Waals surface area contributed by atoms with E-state index in [2.05, 4.69) is 4.98 Å². The number of hydrogen-bond donors (Lipinski definition) is 1. The molecule has 0 unspecified atom stereocenters. The first-order chi connectivity index (χ1) is 8.83. The molecule has 0 radical (unpaired) electrons. The summed E-state index contributed by atoms with van der Waals surface area (Å²) in [6.07, 6.45) is 0. The lowest BCUT2D eigenvalue weighted by Gasteiger charge is -2.02. The van der Waals surface area contributed by atoms with Crippen LogP contribution in [0.25, 0.3) is 10.2 Å². The molecule has 90 valence electrons. The summed E-state index contributed by atoms with van der Waals surface area (Å²) in [7, 11) is 0. The van der Waals surface area contributed by atoms with E-state index in [1.54, 1.807) is 11.3 Å². The maximum absolute atomic E-state index is 11.8. The molecule has 2 heterocycles. The van der Waals surface area contributed by atoms with Gasteiger partial charge in [-0.3, -0.25) is 0 Å². The van der Waals surface area contributed by atoms with E-state index in [0.717, 1.165) is 15.8 Å². The fourth-order valence-electron chi connectivity index (χ4n) is 1.76. The quantitative estimate of drug-likeness (QED) is 0.729. The van der Waals surface area contributed by atoms with Crippen LogP contribution in [0.4, 0.5) is 0 Å². The molecule has 0 aliphatic rings. The van der Waals surface area contributed by atoms with Crippen molar-refractivity contribution in [2.45, 2.75) is 6.61 Å². The minimum absolute atomic E-state index is 0.298. The van der Waals surface area contributed by atoms with Gasteiger partial charge in [0.1, 0.15) is 12.3 Å². The number of thiophene rings is 1. The highest BCUT2D eigenvalue weighted by Gasteiger charge is 2.11. The van der Waals surface area contributed by atoms with Crippen molar-refractivity contribution in [1.82, 2.24) is 4.98 Å². The van der Waals surface area contributed by atoms with Crippen LogP contribution in [0, 0.1) is 0 Å². The van der Waals surface area contributed by atoms with Gasteiger partial charge in [-0.05, 0) is 23.1 Å². The Morgan fingerprint density at radius 3 is 2.83 bits per heavy atom. The molecule has 0 bridgehead atoms. The molecule has 3 nitrogen and oxygen atoms in total. The first kappa shape index (κ1) is 11.0. The second-order valence-electron chi connectivity index (χ2n) is 3.94. The number of hydrogen-bond acceptors (Lipinski definition) is 3. The topological polar surface area (TPSA) is 42.1 Å². The Labute approximate surface area is 108 Å². The number of benzene rings is 1. The SMILES string of the molecule is O=C(OCc1ccccc1)c1cc2sccc2[nH]1. The second kappa shape index (κ2) is 4.66. The highest BCUT2D eigenvalue weighted by atomic mass is 32.1.